The number of para-hydroxylation sites is 2. The molecule has 0 fully saturated rings. The summed E-state index contributed by atoms with van der Waals surface area (Å²) in [6.07, 6.45) is 1.29. The van der Waals surface area contributed by atoms with Gasteiger partial charge < -0.3 is 23.9 Å². The first kappa shape index (κ1) is 18.9. The highest BCUT2D eigenvalue weighted by atomic mass is 16.6. The molecule has 2 aromatic carbocycles. The van der Waals surface area contributed by atoms with Crippen LogP contribution in [0.2, 0.25) is 0 Å². The predicted molar refractivity (Wildman–Crippen MR) is 105 cm³/mol. The van der Waals surface area contributed by atoms with Crippen molar-refractivity contribution in [2.24, 2.45) is 0 Å². The minimum atomic E-state index is -0.491. The topological polar surface area (TPSA) is 87.0 Å². The van der Waals surface area contributed by atoms with Gasteiger partial charge in [-0.15, -0.1) is 0 Å². The molecule has 0 aliphatic carbocycles. The predicted octanol–water partition coefficient (Wildman–Crippen LogP) is 2.78. The zero-order valence-electron chi connectivity index (χ0n) is 16.0. The zero-order valence-corrected chi connectivity index (χ0v) is 16.0. The van der Waals surface area contributed by atoms with Gasteiger partial charge in [0.25, 0.3) is 5.91 Å². The maximum Gasteiger partial charge on any atom is 0.310 e. The van der Waals surface area contributed by atoms with Crippen LogP contribution in [0.1, 0.15) is 11.1 Å². The number of nitrogens with one attached hydrogen (secondary N) is 1. The number of furan rings is 1. The maximum atomic E-state index is 12.1. The van der Waals surface area contributed by atoms with E-state index in [-0.39, 0.29) is 25.7 Å². The van der Waals surface area contributed by atoms with E-state index in [9.17, 15) is 9.59 Å². The molecule has 1 atom stereocenters. The van der Waals surface area contributed by atoms with Crippen molar-refractivity contribution in [3.05, 3.63) is 59.9 Å². The highest BCUT2D eigenvalue weighted by Crippen LogP contribution is 2.30. The highest BCUT2D eigenvalue weighted by molar-refractivity contribution is 5.87. The lowest BCUT2D eigenvalue weighted by atomic mass is 10.1. The molecule has 1 aromatic heterocycles. The van der Waals surface area contributed by atoms with E-state index < -0.39 is 11.9 Å². The molecule has 4 rings (SSSR count). The molecule has 0 saturated carbocycles. The summed E-state index contributed by atoms with van der Waals surface area (Å²) >= 11 is 0. The fourth-order valence-corrected chi connectivity index (χ4v) is 3.12. The summed E-state index contributed by atoms with van der Waals surface area (Å²) in [6.45, 7) is 2.22. The second-order valence-corrected chi connectivity index (χ2v) is 6.90. The summed E-state index contributed by atoms with van der Waals surface area (Å²) in [5.41, 5.74) is 2.53. The van der Waals surface area contributed by atoms with Crippen LogP contribution in [0.25, 0.3) is 11.0 Å². The van der Waals surface area contributed by atoms with Crippen LogP contribution in [0, 0.1) is 6.92 Å². The van der Waals surface area contributed by atoms with E-state index in [4.69, 9.17) is 18.6 Å². The standard InChI is InChI=1S/C22H21NO6/c1-14-6-7-17-15(11-26-20(17)8-14)9-22(25)28-13-21(24)23-10-16-12-27-18-4-2-3-5-19(18)29-16/h2-8,11,16H,9-10,12-13H2,1H3,(H,23,24)/t16-/m0/s1. The van der Waals surface area contributed by atoms with E-state index in [0.29, 0.717) is 18.1 Å². The molecule has 7 heteroatoms. The third kappa shape index (κ3) is 4.51. The van der Waals surface area contributed by atoms with Crippen molar-refractivity contribution in [2.75, 3.05) is 19.8 Å². The fourth-order valence-electron chi connectivity index (χ4n) is 3.12. The number of esters is 1. The second-order valence-electron chi connectivity index (χ2n) is 6.90. The van der Waals surface area contributed by atoms with E-state index in [2.05, 4.69) is 5.32 Å². The maximum absolute atomic E-state index is 12.1. The van der Waals surface area contributed by atoms with Crippen LogP contribution < -0.4 is 14.8 Å². The monoisotopic (exact) mass is 395 g/mol. The van der Waals surface area contributed by atoms with Gasteiger partial charge in [-0.25, -0.2) is 0 Å². The smallest absolute Gasteiger partial charge is 0.310 e. The lowest BCUT2D eigenvalue weighted by Crippen LogP contribution is -2.42. The van der Waals surface area contributed by atoms with E-state index in [1.807, 2.05) is 49.4 Å². The molecule has 150 valence electrons. The van der Waals surface area contributed by atoms with Crippen LogP contribution in [0.4, 0.5) is 0 Å². The van der Waals surface area contributed by atoms with Gasteiger partial charge in [-0.05, 0) is 30.7 Å². The van der Waals surface area contributed by atoms with Crippen molar-refractivity contribution < 1.29 is 28.2 Å². The summed E-state index contributed by atoms with van der Waals surface area (Å²) in [4.78, 5) is 24.1. The third-order valence-corrected chi connectivity index (χ3v) is 4.60. The Labute approximate surface area is 167 Å². The van der Waals surface area contributed by atoms with Gasteiger partial charge in [0.1, 0.15) is 18.3 Å². The molecular weight excluding hydrogens is 374 g/mol. The first-order valence-electron chi connectivity index (χ1n) is 9.36. The van der Waals surface area contributed by atoms with Crippen molar-refractivity contribution >= 4 is 22.8 Å². The second kappa shape index (κ2) is 8.26. The van der Waals surface area contributed by atoms with Crippen LogP contribution in [0.3, 0.4) is 0 Å². The SMILES string of the molecule is Cc1ccc2c(CC(=O)OCC(=O)NC[C@H]3COc4ccccc4O3)coc2c1. The lowest BCUT2D eigenvalue weighted by Gasteiger charge is -2.26. The molecule has 2 heterocycles. The quantitative estimate of drug-likeness (QED) is 0.646. The summed E-state index contributed by atoms with van der Waals surface area (Å²) in [6, 6.07) is 13.1. The van der Waals surface area contributed by atoms with Crippen LogP contribution in [-0.4, -0.2) is 37.7 Å². The molecule has 1 N–H and O–H groups in total. The Hall–Kier alpha value is -3.48. The summed E-state index contributed by atoms with van der Waals surface area (Å²) < 4.78 is 21.9. The average molecular weight is 395 g/mol. The van der Waals surface area contributed by atoms with Gasteiger partial charge in [-0.3, -0.25) is 9.59 Å². The number of ether oxygens (including phenoxy) is 3. The van der Waals surface area contributed by atoms with Gasteiger partial charge in [0.2, 0.25) is 0 Å². The molecule has 0 bridgehead atoms. The lowest BCUT2D eigenvalue weighted by molar-refractivity contribution is -0.148. The number of carbonyl (C=O) groups excluding carboxylic acids is 2. The highest BCUT2D eigenvalue weighted by Gasteiger charge is 2.21. The molecule has 3 aromatic rings. The van der Waals surface area contributed by atoms with E-state index in [1.54, 1.807) is 6.26 Å². The number of rotatable bonds is 6. The molecule has 29 heavy (non-hydrogen) atoms. The van der Waals surface area contributed by atoms with Crippen molar-refractivity contribution in [2.45, 2.75) is 19.4 Å². The number of carbonyl (C=O) groups is 2. The number of fused-ring (bicyclic) bond motifs is 2. The Bertz CT molecular complexity index is 1040. The minimum Gasteiger partial charge on any atom is -0.486 e. The van der Waals surface area contributed by atoms with Gasteiger partial charge in [0.15, 0.2) is 18.1 Å². The van der Waals surface area contributed by atoms with Gasteiger partial charge in [-0.2, -0.15) is 0 Å². The molecular formula is C22H21NO6. The van der Waals surface area contributed by atoms with Gasteiger partial charge >= 0.3 is 5.97 Å². The van der Waals surface area contributed by atoms with Crippen LogP contribution in [0.5, 0.6) is 11.5 Å². The first-order chi connectivity index (χ1) is 14.1. The van der Waals surface area contributed by atoms with Crippen molar-refractivity contribution in [1.29, 1.82) is 0 Å². The van der Waals surface area contributed by atoms with Crippen LogP contribution in [-0.2, 0) is 20.7 Å². The Morgan fingerprint density at radius 3 is 2.86 bits per heavy atom. The molecule has 7 nitrogen and oxygen atoms in total. The molecule has 0 unspecified atom stereocenters. The molecule has 1 aliphatic heterocycles. The largest absolute Gasteiger partial charge is 0.486 e. The third-order valence-electron chi connectivity index (χ3n) is 4.60. The van der Waals surface area contributed by atoms with Crippen molar-refractivity contribution in [3.63, 3.8) is 0 Å². The number of hydrogen-bond acceptors (Lipinski definition) is 6. The summed E-state index contributed by atoms with van der Waals surface area (Å²) in [5.74, 6) is 0.445. The normalized spacial score (nSPS) is 15.1. The molecule has 1 aliphatic rings. The minimum absolute atomic E-state index is 0.0414. The Kier molecular flexibility index (Phi) is 5.37. The van der Waals surface area contributed by atoms with E-state index in [0.717, 1.165) is 22.1 Å². The van der Waals surface area contributed by atoms with E-state index >= 15 is 0 Å². The summed E-state index contributed by atoms with van der Waals surface area (Å²) in [5, 5.41) is 3.56. The first-order valence-corrected chi connectivity index (χ1v) is 9.36. The van der Waals surface area contributed by atoms with E-state index in [1.165, 1.54) is 0 Å². The van der Waals surface area contributed by atoms with Crippen molar-refractivity contribution in [3.8, 4) is 11.5 Å². The van der Waals surface area contributed by atoms with Gasteiger partial charge in [-0.1, -0.05) is 24.3 Å². The van der Waals surface area contributed by atoms with Crippen LogP contribution in [0.15, 0.2) is 53.1 Å². The number of amides is 1. The van der Waals surface area contributed by atoms with Gasteiger partial charge in [0, 0.05) is 10.9 Å². The van der Waals surface area contributed by atoms with Crippen molar-refractivity contribution in [1.82, 2.24) is 5.32 Å². The zero-order chi connectivity index (χ0) is 20.2. The average Bonchev–Trinajstić information content (AvgIpc) is 3.12. The number of hydrogen-bond donors (Lipinski definition) is 1. The fraction of sp³-hybridized carbons (Fsp3) is 0.273. The number of benzene rings is 2. The molecule has 0 saturated heterocycles. The molecule has 1 amide bonds. The Morgan fingerprint density at radius 1 is 1.17 bits per heavy atom. The van der Waals surface area contributed by atoms with Crippen LogP contribution >= 0.6 is 0 Å². The Balaban J connectivity index is 1.22. The molecule has 0 radical (unpaired) electrons. The van der Waals surface area contributed by atoms with Gasteiger partial charge in [0.05, 0.1) is 19.2 Å². The Morgan fingerprint density at radius 2 is 2.00 bits per heavy atom. The summed E-state index contributed by atoms with van der Waals surface area (Å²) in [7, 11) is 0. The molecule has 0 spiro atoms. The number of aryl methyl sites for hydroxylation is 1.